The molecule has 2 unspecified atom stereocenters. The fourth-order valence-corrected chi connectivity index (χ4v) is 7.50. The highest BCUT2D eigenvalue weighted by Crippen LogP contribution is 2.50. The molecule has 6 rings (SSSR count). The summed E-state index contributed by atoms with van der Waals surface area (Å²) < 4.78 is 0. The summed E-state index contributed by atoms with van der Waals surface area (Å²) in [5.41, 5.74) is 11.0. The Morgan fingerprint density at radius 1 is 0.814 bits per heavy atom. The number of anilines is 1. The summed E-state index contributed by atoms with van der Waals surface area (Å²) in [6, 6.07) is 27.0. The van der Waals surface area contributed by atoms with E-state index in [0.717, 1.165) is 12.8 Å². The predicted molar refractivity (Wildman–Crippen MR) is 185 cm³/mol. The fraction of sp³-hybridized carbons (Fsp3) is 0.286. The fourth-order valence-electron chi connectivity index (χ4n) is 7.50. The van der Waals surface area contributed by atoms with E-state index in [1.165, 1.54) is 45.8 Å². The highest BCUT2D eigenvalue weighted by Gasteiger charge is 2.39. The summed E-state index contributed by atoms with van der Waals surface area (Å²) >= 11 is 0. The van der Waals surface area contributed by atoms with Crippen LogP contribution in [-0.2, 0) is 10.8 Å². The molecule has 3 aliphatic carbocycles. The first-order chi connectivity index (χ1) is 20.7. The van der Waals surface area contributed by atoms with Crippen LogP contribution in [0.2, 0.25) is 0 Å². The number of nitrogens with zero attached hydrogens (tertiary/aromatic N) is 1. The van der Waals surface area contributed by atoms with Gasteiger partial charge in [-0.3, -0.25) is 0 Å². The molecule has 43 heavy (non-hydrogen) atoms. The number of aryl methyl sites for hydroxylation is 1. The van der Waals surface area contributed by atoms with Gasteiger partial charge in [-0.15, -0.1) is 0 Å². The van der Waals surface area contributed by atoms with E-state index in [0.29, 0.717) is 5.92 Å². The van der Waals surface area contributed by atoms with E-state index in [4.69, 9.17) is 0 Å². The number of hydrogen-bond donors (Lipinski definition) is 0. The Morgan fingerprint density at radius 2 is 1.56 bits per heavy atom. The van der Waals surface area contributed by atoms with Crippen molar-refractivity contribution in [2.75, 3.05) is 4.90 Å². The smallest absolute Gasteiger partial charge is 0.0464 e. The zero-order valence-electron chi connectivity index (χ0n) is 26.4. The van der Waals surface area contributed by atoms with Crippen LogP contribution < -0.4 is 4.90 Å². The Labute approximate surface area is 259 Å². The van der Waals surface area contributed by atoms with Gasteiger partial charge in [0.15, 0.2) is 0 Å². The van der Waals surface area contributed by atoms with Gasteiger partial charge in [0.25, 0.3) is 0 Å². The molecule has 0 saturated carbocycles. The molecule has 0 radical (unpaired) electrons. The molecule has 1 heteroatoms. The Balaban J connectivity index is 1.37. The predicted octanol–water partition coefficient (Wildman–Crippen LogP) is 11.1. The summed E-state index contributed by atoms with van der Waals surface area (Å²) in [6.07, 6.45) is 25.8. The standard InChI is InChI=1S/C42H45N/c1-31-24-26-37(28-40(31)42(4,5)30-34-29-41(2,3)39-23-14-13-22-38(34)39)43(35-19-11-6-7-12-20-35)36-21-15-18-33(25-27-36)32-16-9-8-10-17-32/h6,8-28,33-34H,7,29-30H2,1-5H3. The quantitative estimate of drug-likeness (QED) is 0.276. The summed E-state index contributed by atoms with van der Waals surface area (Å²) in [5.74, 6) is 0.812. The highest BCUT2D eigenvalue weighted by molar-refractivity contribution is 5.66. The van der Waals surface area contributed by atoms with Crippen LogP contribution in [0.5, 0.6) is 0 Å². The first kappa shape index (κ1) is 29.0. The number of hydrogen-bond acceptors (Lipinski definition) is 1. The first-order valence-corrected chi connectivity index (χ1v) is 15.9. The lowest BCUT2D eigenvalue weighted by Gasteiger charge is -2.33. The average Bonchev–Trinajstić information content (AvgIpc) is 3.28. The summed E-state index contributed by atoms with van der Waals surface area (Å²) in [4.78, 5) is 2.42. The molecule has 0 aromatic heterocycles. The lowest BCUT2D eigenvalue weighted by Crippen LogP contribution is -2.24. The second-order valence-corrected chi connectivity index (χ2v) is 13.7. The molecule has 3 aromatic rings. The third-order valence-electron chi connectivity index (χ3n) is 9.58. The van der Waals surface area contributed by atoms with Crippen molar-refractivity contribution in [3.05, 3.63) is 173 Å². The maximum atomic E-state index is 2.46. The van der Waals surface area contributed by atoms with Crippen LogP contribution >= 0.6 is 0 Å². The molecule has 218 valence electrons. The maximum absolute atomic E-state index is 2.46. The number of fused-ring (bicyclic) bond motifs is 1. The average molecular weight is 564 g/mol. The second-order valence-electron chi connectivity index (χ2n) is 13.7. The van der Waals surface area contributed by atoms with E-state index in [1.54, 1.807) is 5.56 Å². The Hall–Kier alpha value is -4.10. The molecule has 0 fully saturated rings. The topological polar surface area (TPSA) is 3.24 Å². The second kappa shape index (κ2) is 11.9. The van der Waals surface area contributed by atoms with E-state index in [-0.39, 0.29) is 16.7 Å². The highest BCUT2D eigenvalue weighted by atomic mass is 15.2. The van der Waals surface area contributed by atoms with Crippen LogP contribution in [0.1, 0.15) is 86.6 Å². The van der Waals surface area contributed by atoms with E-state index in [1.807, 2.05) is 0 Å². The molecule has 0 bridgehead atoms. The van der Waals surface area contributed by atoms with Crippen molar-refractivity contribution < 1.29 is 0 Å². The van der Waals surface area contributed by atoms with E-state index >= 15 is 0 Å². The summed E-state index contributed by atoms with van der Waals surface area (Å²) in [7, 11) is 0. The lowest BCUT2D eigenvalue weighted by atomic mass is 9.73. The minimum atomic E-state index is 0.0174. The third-order valence-corrected chi connectivity index (χ3v) is 9.58. The van der Waals surface area contributed by atoms with Crippen molar-refractivity contribution >= 4 is 5.69 Å². The zero-order chi connectivity index (χ0) is 30.0. The minimum Gasteiger partial charge on any atom is -0.311 e. The van der Waals surface area contributed by atoms with Crippen molar-refractivity contribution in [2.45, 2.75) is 76.5 Å². The zero-order valence-corrected chi connectivity index (χ0v) is 26.4. The van der Waals surface area contributed by atoms with Crippen molar-refractivity contribution in [3.8, 4) is 0 Å². The lowest BCUT2D eigenvalue weighted by molar-refractivity contribution is 0.382. The van der Waals surface area contributed by atoms with Crippen LogP contribution in [0.4, 0.5) is 5.69 Å². The van der Waals surface area contributed by atoms with Crippen LogP contribution in [0.3, 0.4) is 0 Å². The van der Waals surface area contributed by atoms with Gasteiger partial charge >= 0.3 is 0 Å². The van der Waals surface area contributed by atoms with E-state index in [2.05, 4.69) is 173 Å². The van der Waals surface area contributed by atoms with Gasteiger partial charge in [0.05, 0.1) is 0 Å². The van der Waals surface area contributed by atoms with E-state index < -0.39 is 0 Å². The van der Waals surface area contributed by atoms with Crippen molar-refractivity contribution in [2.24, 2.45) is 0 Å². The van der Waals surface area contributed by atoms with Crippen LogP contribution in [0, 0.1) is 6.92 Å². The molecular formula is C42H45N. The summed E-state index contributed by atoms with van der Waals surface area (Å²) in [5, 5.41) is 0. The maximum Gasteiger partial charge on any atom is 0.0464 e. The SMILES string of the molecule is Cc1ccc(N(C2=CC=CCC=C2)C2=CC=CC(c3ccccc3)C=C2)cc1C(C)(C)CC1CC(C)(C)c2ccccc21. The molecule has 0 spiro atoms. The number of rotatable bonds is 7. The van der Waals surface area contributed by atoms with Gasteiger partial charge in [-0.05, 0) is 107 Å². The molecule has 0 saturated heterocycles. The minimum absolute atomic E-state index is 0.0174. The summed E-state index contributed by atoms with van der Waals surface area (Å²) in [6.45, 7) is 12.0. The van der Waals surface area contributed by atoms with Gasteiger partial charge in [0.2, 0.25) is 0 Å². The van der Waals surface area contributed by atoms with Crippen molar-refractivity contribution in [1.82, 2.24) is 0 Å². The van der Waals surface area contributed by atoms with Gasteiger partial charge in [-0.2, -0.15) is 0 Å². The number of allylic oxidation sites excluding steroid dienone is 10. The van der Waals surface area contributed by atoms with Gasteiger partial charge < -0.3 is 4.90 Å². The molecular weight excluding hydrogens is 518 g/mol. The molecule has 2 atom stereocenters. The third kappa shape index (κ3) is 6.04. The molecule has 0 aliphatic heterocycles. The van der Waals surface area contributed by atoms with Gasteiger partial charge in [-0.1, -0.05) is 125 Å². The Kier molecular flexibility index (Phi) is 8.01. The van der Waals surface area contributed by atoms with Crippen molar-refractivity contribution in [1.29, 1.82) is 0 Å². The molecule has 0 N–H and O–H groups in total. The number of benzene rings is 3. The van der Waals surface area contributed by atoms with Gasteiger partial charge in [-0.25, -0.2) is 0 Å². The Morgan fingerprint density at radius 3 is 2.40 bits per heavy atom. The van der Waals surface area contributed by atoms with Crippen molar-refractivity contribution in [3.63, 3.8) is 0 Å². The molecule has 1 nitrogen and oxygen atoms in total. The van der Waals surface area contributed by atoms with Gasteiger partial charge in [0, 0.05) is 23.0 Å². The van der Waals surface area contributed by atoms with Crippen LogP contribution in [0.15, 0.2) is 145 Å². The monoisotopic (exact) mass is 563 g/mol. The molecule has 0 heterocycles. The normalized spacial score (nSPS) is 20.7. The first-order valence-electron chi connectivity index (χ1n) is 15.9. The van der Waals surface area contributed by atoms with E-state index in [9.17, 15) is 0 Å². The Bertz CT molecular complexity index is 1650. The van der Waals surface area contributed by atoms with Crippen LogP contribution in [0.25, 0.3) is 0 Å². The molecule has 3 aliphatic rings. The molecule has 0 amide bonds. The largest absolute Gasteiger partial charge is 0.311 e. The molecule has 3 aromatic carbocycles. The van der Waals surface area contributed by atoms with Gasteiger partial charge in [0.1, 0.15) is 0 Å². The van der Waals surface area contributed by atoms with Crippen LogP contribution in [-0.4, -0.2) is 0 Å².